The Morgan fingerprint density at radius 2 is 1.43 bits per heavy atom. The van der Waals surface area contributed by atoms with Crippen LogP contribution in [0.4, 0.5) is 0 Å². The molecule has 0 aliphatic rings. The lowest BCUT2D eigenvalue weighted by molar-refractivity contribution is 0.676. The predicted octanol–water partition coefficient (Wildman–Crippen LogP) is -1.02. The van der Waals surface area contributed by atoms with Gasteiger partial charge in [-0.05, 0) is 0 Å². The van der Waals surface area contributed by atoms with Crippen molar-refractivity contribution < 1.29 is 4.12 Å². The van der Waals surface area contributed by atoms with Crippen molar-refractivity contribution in [1.29, 1.82) is 0 Å². The Balaban J connectivity index is 0. The third-order valence-corrected chi connectivity index (χ3v) is 4.17. The quantitative estimate of drug-likeness (QED) is 0.422. The van der Waals surface area contributed by atoms with Crippen molar-refractivity contribution in [3.63, 3.8) is 0 Å². The van der Waals surface area contributed by atoms with Crippen molar-refractivity contribution in [1.82, 2.24) is 0 Å². The zero-order valence-corrected chi connectivity index (χ0v) is 11.1. The Labute approximate surface area is 65.1 Å². The van der Waals surface area contributed by atoms with E-state index in [1.165, 1.54) is 0 Å². The summed E-state index contributed by atoms with van der Waals surface area (Å²) in [5.41, 5.74) is 0. The fraction of sp³-hybridized carbons (Fsp3) is 0. The third kappa shape index (κ3) is 18.5. The molecule has 0 fully saturated rings. The first kappa shape index (κ1) is 11.3. The predicted molar refractivity (Wildman–Crippen MR) is 45.7 cm³/mol. The van der Waals surface area contributed by atoms with Gasteiger partial charge in [0, 0.05) is 0 Å². The summed E-state index contributed by atoms with van der Waals surface area (Å²) >= 11 is 15.1. The van der Waals surface area contributed by atoms with E-state index < -0.39 is 18.1 Å². The molecule has 0 radical (unpaired) electrons. The molecule has 0 aromatic carbocycles. The molecule has 0 saturated heterocycles. The van der Waals surface area contributed by atoms with E-state index >= 15 is 0 Å². The van der Waals surface area contributed by atoms with Crippen LogP contribution in [0.15, 0.2) is 0 Å². The van der Waals surface area contributed by atoms with Crippen LogP contribution in [0.5, 0.6) is 0 Å². The van der Waals surface area contributed by atoms with Crippen molar-refractivity contribution in [2.45, 2.75) is 0 Å². The van der Waals surface area contributed by atoms with Gasteiger partial charge in [-0.3, -0.25) is 0 Å². The number of hydrogen-bond acceptors (Lipinski definition) is 1. The number of hydrogen-bond donors (Lipinski definition) is 0. The summed E-state index contributed by atoms with van der Waals surface area (Å²) in [6.07, 6.45) is 0. The van der Waals surface area contributed by atoms with Crippen molar-refractivity contribution in [2.75, 3.05) is 0 Å². The molecule has 0 N–H and O–H groups in total. The first-order chi connectivity index (χ1) is 3.41. The van der Waals surface area contributed by atoms with Crippen molar-refractivity contribution in [3.05, 3.63) is 0 Å². The molecule has 1 nitrogen and oxygen atoms in total. The molecule has 0 heterocycles. The van der Waals surface area contributed by atoms with E-state index in [-0.39, 0.29) is 0 Å². The highest BCUT2D eigenvalue weighted by Gasteiger charge is 1.72. The van der Waals surface area contributed by atoms with Gasteiger partial charge in [0.25, 0.3) is 0 Å². The lowest BCUT2D eigenvalue weighted by atomic mass is 15.8. The van der Waals surface area contributed by atoms with E-state index in [2.05, 4.69) is 4.12 Å². The summed E-state index contributed by atoms with van der Waals surface area (Å²) in [4.78, 5) is 0. The molecule has 0 saturated carbocycles. The average molecular weight is 214 g/mol. The van der Waals surface area contributed by atoms with Gasteiger partial charge in [0.05, 0.1) is 0 Å². The van der Waals surface area contributed by atoms with Gasteiger partial charge >= 0.3 is 0 Å². The second-order valence-electron chi connectivity index (χ2n) is 0.422. The van der Waals surface area contributed by atoms with Crippen LogP contribution in [0.1, 0.15) is 0 Å². The van der Waals surface area contributed by atoms with E-state index in [0.717, 1.165) is 9.55 Å². The molecule has 7 heavy (non-hydrogen) atoms. The van der Waals surface area contributed by atoms with E-state index in [4.69, 9.17) is 33.2 Å². The third-order valence-electron chi connectivity index (χ3n) is 0.154. The number of halogens is 3. The largest absolute Gasteiger partial charge is 0.442 e. The summed E-state index contributed by atoms with van der Waals surface area (Å²) in [6, 6.07) is 0. The van der Waals surface area contributed by atoms with Gasteiger partial charge < -0.3 is 4.12 Å². The monoisotopic (exact) mass is 212 g/mol. The molecule has 0 aliphatic carbocycles. The highest BCUT2D eigenvalue weighted by atomic mass is 35.6. The highest BCUT2D eigenvalue weighted by Crippen LogP contribution is 1.72. The van der Waals surface area contributed by atoms with E-state index in [0.29, 0.717) is 0 Å². The second-order valence-corrected chi connectivity index (χ2v) is 3.80. The highest BCUT2D eigenvalue weighted by molar-refractivity contribution is 6.98. The van der Waals surface area contributed by atoms with Crippen molar-refractivity contribution in [3.8, 4) is 0 Å². The minimum Gasteiger partial charge on any atom is -0.442 e. The Morgan fingerprint density at radius 1 is 1.14 bits per heavy atom. The summed E-state index contributed by atoms with van der Waals surface area (Å²) in [6.45, 7) is 0. The fourth-order valence-corrected chi connectivity index (χ4v) is 2.36. The lowest BCUT2D eigenvalue weighted by Gasteiger charge is -1.81. The van der Waals surface area contributed by atoms with Crippen LogP contribution in [0.3, 0.4) is 0 Å². The minimum atomic E-state index is -0.684. The molecule has 0 amide bonds. The van der Waals surface area contributed by atoms with Gasteiger partial charge in [-0.25, -0.2) is 0 Å². The number of rotatable bonds is 2. The molecule has 0 atom stereocenters. The Kier molecular flexibility index (Phi) is 25.3. The fourth-order valence-electron chi connectivity index (χ4n) is 0.0292. The van der Waals surface area contributed by atoms with Crippen LogP contribution in [0.25, 0.3) is 0 Å². The molecule has 0 aromatic heterocycles. The van der Waals surface area contributed by atoms with Gasteiger partial charge in [-0.2, -0.15) is 11.1 Å². The van der Waals surface area contributed by atoms with Gasteiger partial charge in [-0.1, -0.05) is 0 Å². The summed E-state index contributed by atoms with van der Waals surface area (Å²) in [5, 5.41) is 0. The zero-order valence-electron chi connectivity index (χ0n) is 3.96. The van der Waals surface area contributed by atoms with Crippen LogP contribution in [0.2, 0.25) is 0 Å². The maximum absolute atomic E-state index is 5.17. The summed E-state index contributed by atoms with van der Waals surface area (Å²) in [5.74, 6) is 0. The van der Waals surface area contributed by atoms with Crippen LogP contribution in [-0.4, -0.2) is 27.7 Å². The smallest absolute Gasteiger partial charge is 0.248 e. The minimum absolute atomic E-state index is 0.684. The molecule has 0 aliphatic heterocycles. The van der Waals surface area contributed by atoms with Crippen LogP contribution in [-0.2, 0) is 4.12 Å². The summed E-state index contributed by atoms with van der Waals surface area (Å²) < 4.78 is 4.64. The maximum Gasteiger partial charge on any atom is 0.248 e. The molecule has 7 heteroatoms. The first-order valence-electron chi connectivity index (χ1n) is 1.49. The molecule has 0 bridgehead atoms. The Hall–Kier alpha value is 1.48. The summed E-state index contributed by atoms with van der Waals surface area (Å²) in [7, 11) is -0.590. The Morgan fingerprint density at radius 3 is 1.43 bits per heavy atom. The molecule has 0 spiro atoms. The standard InChI is InChI=1S/Cl2H4OSi2.ClH3Si/c1-4-3-5-2;1-2/h4-5H2;2H3. The van der Waals surface area contributed by atoms with Crippen LogP contribution in [0, 0.1) is 0 Å². The maximum atomic E-state index is 5.17. The SMILES string of the molecule is Cl[SiH2]O[SiH2]Cl.[SiH3]Cl. The lowest BCUT2D eigenvalue weighted by Crippen LogP contribution is -1.88. The van der Waals surface area contributed by atoms with Crippen molar-refractivity contribution in [2.24, 2.45) is 0 Å². The molecular formula is H7Cl3OSi3. The topological polar surface area (TPSA) is 9.23 Å². The average Bonchev–Trinajstić information content (AvgIpc) is 1.75. The van der Waals surface area contributed by atoms with Crippen LogP contribution >= 0.6 is 33.2 Å². The van der Waals surface area contributed by atoms with Gasteiger partial charge in [0.1, 0.15) is 9.55 Å². The van der Waals surface area contributed by atoms with E-state index in [9.17, 15) is 0 Å². The molecular weight excluding hydrogens is 207 g/mol. The van der Waals surface area contributed by atoms with Crippen molar-refractivity contribution >= 4 is 60.9 Å². The van der Waals surface area contributed by atoms with E-state index in [1.807, 2.05) is 0 Å². The molecule has 46 valence electrons. The normalized spacial score (nSPS) is 10.7. The van der Waals surface area contributed by atoms with Gasteiger partial charge in [0.15, 0.2) is 0 Å². The van der Waals surface area contributed by atoms with E-state index in [1.54, 1.807) is 0 Å². The van der Waals surface area contributed by atoms with Gasteiger partial charge in [0.2, 0.25) is 18.1 Å². The Bertz CT molecular complexity index is 17.7. The van der Waals surface area contributed by atoms with Gasteiger partial charge in [-0.15, -0.1) is 22.2 Å². The molecule has 0 unspecified atom stereocenters. The first-order valence-corrected chi connectivity index (χ1v) is 9.94. The van der Waals surface area contributed by atoms with Crippen LogP contribution < -0.4 is 0 Å². The zero-order chi connectivity index (χ0) is 6.12. The second kappa shape index (κ2) is 15.6. The molecule has 0 aromatic rings. The molecule has 0 rings (SSSR count).